The number of carbonyl (C=O) groups excluding carboxylic acids is 7. The van der Waals surface area contributed by atoms with Gasteiger partial charge in [-0.15, -0.1) is 0 Å². The molecule has 10 unspecified atom stereocenters. The number of nitrogens with one attached hydrogen (secondary N) is 5. The van der Waals surface area contributed by atoms with Crippen LogP contribution in [0.15, 0.2) is 97.1 Å². The summed E-state index contributed by atoms with van der Waals surface area (Å²) in [6, 6.07) is 16.7. The van der Waals surface area contributed by atoms with Gasteiger partial charge in [-0.05, 0) is 90.4 Å². The van der Waals surface area contributed by atoms with Gasteiger partial charge in [-0.1, -0.05) is 119 Å². The number of aromatic hydroxyl groups is 1. The number of hydrogen-bond acceptors (Lipinski definition) is 16. The SMILES string of the molecule is CCCCCc1ccc(-c2ccc(-c3ccc(C(=O)NC4CC(O)C(OCC[Si](C)(C)C)NC(=O)[C@@H]5C(O)C(C)CN5C(=O)[C@H](C(C)O)NC(=O)[C@H](C(O)C(O)c5ccc(O)cc5)NC(=O)[C@@H]5CC(O)CN5C(=O)[C@H](C(C)O)NC4=O)cc3)cc2)cc1. The van der Waals surface area contributed by atoms with E-state index in [0.717, 1.165) is 65.2 Å². The van der Waals surface area contributed by atoms with Gasteiger partial charge >= 0.3 is 0 Å². The highest BCUT2D eigenvalue weighted by molar-refractivity contribution is 6.76. The summed E-state index contributed by atoms with van der Waals surface area (Å²) in [5.41, 5.74) is 4.96. The van der Waals surface area contributed by atoms with Crippen molar-refractivity contribution in [2.45, 2.75) is 177 Å². The molecule has 87 heavy (non-hydrogen) atoms. The van der Waals surface area contributed by atoms with E-state index >= 15 is 0 Å². The molecule has 0 spiro atoms. The highest BCUT2D eigenvalue weighted by Crippen LogP contribution is 2.30. The first kappa shape index (κ1) is 67.4. The zero-order valence-electron chi connectivity index (χ0n) is 50.2. The van der Waals surface area contributed by atoms with Crippen LogP contribution in [0.25, 0.3) is 22.3 Å². The minimum Gasteiger partial charge on any atom is -0.508 e. The maximum absolute atomic E-state index is 14.8. The van der Waals surface area contributed by atoms with Gasteiger partial charge in [-0.2, -0.15) is 0 Å². The van der Waals surface area contributed by atoms with Crippen molar-refractivity contribution in [3.63, 3.8) is 0 Å². The number of unbranched alkanes of at least 4 members (excludes halogenated alkanes) is 2. The molecule has 23 nitrogen and oxygen atoms in total. The average Bonchev–Trinajstić information content (AvgIpc) is 1.97. The van der Waals surface area contributed by atoms with Crippen molar-refractivity contribution >= 4 is 49.4 Å². The molecule has 3 saturated heterocycles. The van der Waals surface area contributed by atoms with E-state index in [1.165, 1.54) is 55.3 Å². The fourth-order valence-corrected chi connectivity index (χ4v) is 11.7. The Morgan fingerprint density at radius 1 is 0.655 bits per heavy atom. The lowest BCUT2D eigenvalue weighted by molar-refractivity contribution is -0.149. The summed E-state index contributed by atoms with van der Waals surface area (Å²) in [4.78, 5) is 104. The number of hydrogen-bond donors (Lipinski definition) is 13. The minimum atomic E-state index is -2.28. The zero-order valence-corrected chi connectivity index (χ0v) is 51.2. The second kappa shape index (κ2) is 29.7. The number of benzene rings is 4. The highest BCUT2D eigenvalue weighted by Gasteiger charge is 2.50. The van der Waals surface area contributed by atoms with Crippen LogP contribution in [-0.2, 0) is 39.9 Å². The first-order valence-corrected chi connectivity index (χ1v) is 33.5. The quantitative estimate of drug-likeness (QED) is 0.0527. The van der Waals surface area contributed by atoms with Crippen LogP contribution in [0.2, 0.25) is 25.7 Å². The second-order valence-electron chi connectivity index (χ2n) is 24.5. The molecule has 472 valence electrons. The predicted octanol–water partition coefficient (Wildman–Crippen LogP) is 1.60. The summed E-state index contributed by atoms with van der Waals surface area (Å²) in [6.45, 7) is 11.2. The summed E-state index contributed by atoms with van der Waals surface area (Å²) in [6.07, 6.45) is -11.2. The van der Waals surface area contributed by atoms with E-state index in [0.29, 0.717) is 6.04 Å². The number of rotatable bonds is 17. The van der Waals surface area contributed by atoms with Crippen molar-refractivity contribution in [3.8, 4) is 28.0 Å². The van der Waals surface area contributed by atoms with Gasteiger partial charge in [-0.3, -0.25) is 33.6 Å². The summed E-state index contributed by atoms with van der Waals surface area (Å²) in [5.74, 6) is -8.92. The minimum absolute atomic E-state index is 0.0482. The molecule has 24 heteroatoms. The Hall–Kier alpha value is -7.13. The van der Waals surface area contributed by atoms with Crippen LogP contribution in [0.5, 0.6) is 5.75 Å². The number of fused-ring (bicyclic) bond motifs is 2. The molecule has 3 aliphatic heterocycles. The standard InChI is InChI=1S/C63H85N7O16Si/c1-8-9-10-11-37-12-14-38(15-13-37)39-16-18-40(19-17-39)41-20-22-43(23-21-41)56(79)64-46-31-48(75)61(86-28-29-87(5,6)7)68-60(83)52-53(76)34(2)32-70(52)63(85)50(36(4)72)66-59(82)51(55(78)54(77)42-24-26-44(73)27-25-42)67-58(81)47-30-45(74)33-69(47)62(84)49(35(3)71)65-57(46)80/h12-27,34-36,45-55,61,71-78H,8-11,28-33H2,1-7H3,(H,64,79)(H,65,80)(H,66,82)(H,67,81)(H,68,83)/t34?,35?,36?,45?,46?,47-,48?,49-,50-,51-,52-,53?,54?,55?,61?/m0/s1. The van der Waals surface area contributed by atoms with Crippen molar-refractivity contribution < 1.29 is 79.2 Å². The lowest BCUT2D eigenvalue weighted by atomic mass is 9.96. The van der Waals surface area contributed by atoms with Crippen molar-refractivity contribution in [3.05, 3.63) is 114 Å². The number of aliphatic hydroxyl groups is 7. The Kier molecular flexibility index (Phi) is 23.0. The van der Waals surface area contributed by atoms with Crippen LogP contribution in [0, 0.1) is 5.92 Å². The molecular formula is C63H85N7O16Si. The smallest absolute Gasteiger partial charge is 0.251 e. The molecule has 13 N–H and O–H groups in total. The third-order valence-electron chi connectivity index (χ3n) is 16.3. The van der Waals surface area contributed by atoms with E-state index in [2.05, 4.69) is 57.8 Å². The van der Waals surface area contributed by atoms with Gasteiger partial charge in [0.15, 0.2) is 6.23 Å². The van der Waals surface area contributed by atoms with E-state index in [-0.39, 0.29) is 30.0 Å². The molecule has 0 bridgehead atoms. The monoisotopic (exact) mass is 1220 g/mol. The molecule has 4 aromatic carbocycles. The molecule has 7 amide bonds. The van der Waals surface area contributed by atoms with E-state index in [1.54, 1.807) is 12.1 Å². The number of ether oxygens (including phenoxy) is 1. The normalized spacial score (nSPS) is 26.9. The lowest BCUT2D eigenvalue weighted by Gasteiger charge is -2.34. The molecule has 0 saturated carbocycles. The molecule has 7 rings (SSSR count). The third-order valence-corrected chi connectivity index (χ3v) is 18.0. The Morgan fingerprint density at radius 3 is 1.74 bits per heavy atom. The molecule has 3 heterocycles. The largest absolute Gasteiger partial charge is 0.508 e. The fourth-order valence-electron chi connectivity index (χ4n) is 11.0. The van der Waals surface area contributed by atoms with Crippen molar-refractivity contribution in [2.24, 2.45) is 5.92 Å². The lowest BCUT2D eigenvalue weighted by Crippen LogP contribution is -2.64. The second-order valence-corrected chi connectivity index (χ2v) is 30.1. The van der Waals surface area contributed by atoms with Gasteiger partial charge in [-0.25, -0.2) is 0 Å². The average molecular weight is 1220 g/mol. The summed E-state index contributed by atoms with van der Waals surface area (Å²) in [5, 5.41) is 103. The fraction of sp³-hybridized carbons (Fsp3) is 0.508. The Balaban J connectivity index is 1.24. The first-order valence-electron chi connectivity index (χ1n) is 29.8. The molecular weight excluding hydrogens is 1140 g/mol. The van der Waals surface area contributed by atoms with Gasteiger partial charge in [0.25, 0.3) is 5.91 Å². The molecule has 3 aliphatic rings. The third kappa shape index (κ3) is 17.1. The van der Waals surface area contributed by atoms with Crippen LogP contribution < -0.4 is 26.6 Å². The van der Waals surface area contributed by atoms with Gasteiger partial charge in [0.2, 0.25) is 35.4 Å². The molecule has 3 fully saturated rings. The first-order chi connectivity index (χ1) is 41.1. The Morgan fingerprint density at radius 2 is 1.18 bits per heavy atom. The maximum Gasteiger partial charge on any atom is 0.251 e. The molecule has 4 aromatic rings. The highest BCUT2D eigenvalue weighted by atomic mass is 28.3. The molecule has 0 aromatic heterocycles. The summed E-state index contributed by atoms with van der Waals surface area (Å²) >= 11 is 0. The topological polar surface area (TPSA) is 357 Å². The zero-order chi connectivity index (χ0) is 63.6. The van der Waals surface area contributed by atoms with Gasteiger partial charge in [0.05, 0.1) is 24.4 Å². The van der Waals surface area contributed by atoms with E-state index in [4.69, 9.17) is 4.74 Å². The molecule has 0 radical (unpaired) electrons. The number of carbonyl (C=O) groups is 7. The maximum atomic E-state index is 14.8. The van der Waals surface area contributed by atoms with Crippen LogP contribution in [0.3, 0.4) is 0 Å². The Bertz CT molecular complexity index is 3020. The van der Waals surface area contributed by atoms with Crippen molar-refractivity contribution in [2.75, 3.05) is 19.7 Å². The number of amides is 7. The summed E-state index contributed by atoms with van der Waals surface area (Å²) in [7, 11) is -1.90. The van der Waals surface area contributed by atoms with Crippen LogP contribution in [0.1, 0.15) is 87.4 Å². The number of aliphatic hydroxyl groups excluding tert-OH is 7. The van der Waals surface area contributed by atoms with Crippen LogP contribution >= 0.6 is 0 Å². The van der Waals surface area contributed by atoms with E-state index < -0.39 is 160 Å². The van der Waals surface area contributed by atoms with Gasteiger partial charge in [0.1, 0.15) is 60.3 Å². The molecule has 0 aliphatic carbocycles. The van der Waals surface area contributed by atoms with Crippen LogP contribution in [-0.4, -0.2) is 199 Å². The number of phenols is 1. The number of nitrogens with zero attached hydrogens (tertiary/aromatic N) is 2. The molecule has 15 atom stereocenters. The van der Waals surface area contributed by atoms with Crippen molar-refractivity contribution in [1.29, 1.82) is 0 Å². The van der Waals surface area contributed by atoms with Crippen molar-refractivity contribution in [1.82, 2.24) is 36.4 Å². The van der Waals surface area contributed by atoms with Gasteiger partial charge in [0, 0.05) is 52.1 Å². The Labute approximate surface area is 507 Å². The summed E-state index contributed by atoms with van der Waals surface area (Å²) < 4.78 is 6.16. The van der Waals surface area contributed by atoms with Crippen LogP contribution in [0.4, 0.5) is 0 Å². The number of phenolic OH excluding ortho intramolecular Hbond substituents is 1. The van der Waals surface area contributed by atoms with E-state index in [1.807, 2.05) is 43.9 Å². The van der Waals surface area contributed by atoms with E-state index in [9.17, 15) is 74.4 Å². The predicted molar refractivity (Wildman–Crippen MR) is 323 cm³/mol. The van der Waals surface area contributed by atoms with Gasteiger partial charge < -0.3 is 82.0 Å². The number of aryl methyl sites for hydroxylation is 1.